The van der Waals surface area contributed by atoms with E-state index in [9.17, 15) is 0 Å². The summed E-state index contributed by atoms with van der Waals surface area (Å²) in [7, 11) is 1.58. The third kappa shape index (κ3) is 3.42. The van der Waals surface area contributed by atoms with Gasteiger partial charge in [0.2, 0.25) is 5.55 Å². The number of nitrogens with two attached hydrogens (primary N) is 1. The Morgan fingerprint density at radius 2 is 2.00 bits per heavy atom. The van der Waals surface area contributed by atoms with Crippen molar-refractivity contribution in [2.24, 2.45) is 10.8 Å². The molecule has 122 valence electrons. The zero-order valence-electron chi connectivity index (χ0n) is 12.7. The lowest BCUT2D eigenvalue weighted by Gasteiger charge is -2.08. The number of nitrogens with one attached hydrogen (secondary N) is 1. The predicted molar refractivity (Wildman–Crippen MR) is 102 cm³/mol. The Hall–Kier alpha value is -2.38. The molecule has 0 atom stereocenters. The SMILES string of the molecule is COc1cc(Br)cc2cc(C(N)=S)c(=NNc3ccccc3)oc12. The molecular formula is C17H14BrN3O2S. The molecule has 0 fully saturated rings. The highest BCUT2D eigenvalue weighted by Gasteiger charge is 2.11. The second-order valence-electron chi connectivity index (χ2n) is 4.95. The van der Waals surface area contributed by atoms with Crippen LogP contribution in [-0.2, 0) is 0 Å². The summed E-state index contributed by atoms with van der Waals surface area (Å²) in [6.07, 6.45) is 0. The molecule has 2 aromatic carbocycles. The molecular weight excluding hydrogens is 390 g/mol. The Labute approximate surface area is 152 Å². The highest BCUT2D eigenvalue weighted by atomic mass is 79.9. The van der Waals surface area contributed by atoms with Gasteiger partial charge in [0.1, 0.15) is 4.99 Å². The highest BCUT2D eigenvalue weighted by molar-refractivity contribution is 9.10. The first-order valence-electron chi connectivity index (χ1n) is 7.04. The van der Waals surface area contributed by atoms with Crippen molar-refractivity contribution in [2.75, 3.05) is 12.5 Å². The maximum Gasteiger partial charge on any atom is 0.246 e. The summed E-state index contributed by atoms with van der Waals surface area (Å²) < 4.78 is 12.2. The van der Waals surface area contributed by atoms with Gasteiger partial charge in [0.25, 0.3) is 0 Å². The molecule has 3 N–H and O–H groups in total. The zero-order chi connectivity index (χ0) is 17.1. The highest BCUT2D eigenvalue weighted by Crippen LogP contribution is 2.29. The number of methoxy groups -OCH3 is 1. The number of thiocarbonyl (C=S) groups is 1. The largest absolute Gasteiger partial charge is 0.493 e. The molecule has 0 radical (unpaired) electrons. The fourth-order valence-electron chi connectivity index (χ4n) is 2.21. The van der Waals surface area contributed by atoms with Crippen LogP contribution in [0.5, 0.6) is 5.75 Å². The lowest BCUT2D eigenvalue weighted by atomic mass is 10.1. The third-order valence-electron chi connectivity index (χ3n) is 3.32. The first-order valence-corrected chi connectivity index (χ1v) is 8.24. The standard InChI is InChI=1S/C17H14BrN3O2S/c1-22-14-9-11(18)7-10-8-13(16(19)24)17(23-15(10)14)21-20-12-5-3-2-4-6-12/h2-9,20H,1H3,(H2,19,24). The molecule has 0 aliphatic carbocycles. The topological polar surface area (TPSA) is 72.8 Å². The van der Waals surface area contributed by atoms with Crippen LogP contribution in [0, 0.1) is 0 Å². The normalized spacial score (nSPS) is 11.5. The molecule has 0 aliphatic heterocycles. The van der Waals surface area contributed by atoms with Crippen molar-refractivity contribution in [3.8, 4) is 5.75 Å². The number of rotatable bonds is 4. The number of nitrogens with zero attached hydrogens (tertiary/aromatic N) is 1. The average Bonchev–Trinajstić information content (AvgIpc) is 2.59. The molecule has 1 aromatic heterocycles. The number of hydrogen-bond acceptors (Lipinski definition) is 5. The van der Waals surface area contributed by atoms with Gasteiger partial charge in [-0.1, -0.05) is 46.3 Å². The minimum Gasteiger partial charge on any atom is -0.493 e. The van der Waals surface area contributed by atoms with E-state index in [2.05, 4.69) is 26.5 Å². The number of ether oxygens (including phenoxy) is 1. The van der Waals surface area contributed by atoms with Crippen molar-refractivity contribution in [1.82, 2.24) is 0 Å². The van der Waals surface area contributed by atoms with Crippen molar-refractivity contribution < 1.29 is 9.15 Å². The molecule has 0 aliphatic rings. The molecule has 0 saturated heterocycles. The van der Waals surface area contributed by atoms with Gasteiger partial charge in [-0.25, -0.2) is 0 Å². The minimum atomic E-state index is 0.202. The molecule has 24 heavy (non-hydrogen) atoms. The quantitative estimate of drug-likeness (QED) is 0.512. The Bertz CT molecular complexity index is 971. The monoisotopic (exact) mass is 403 g/mol. The van der Waals surface area contributed by atoms with Crippen LogP contribution in [0.1, 0.15) is 5.56 Å². The van der Waals surface area contributed by atoms with Gasteiger partial charge in [-0.05, 0) is 30.3 Å². The van der Waals surface area contributed by atoms with Crippen molar-refractivity contribution in [1.29, 1.82) is 0 Å². The van der Waals surface area contributed by atoms with Crippen LogP contribution >= 0.6 is 28.1 Å². The van der Waals surface area contributed by atoms with Crippen LogP contribution in [0.25, 0.3) is 11.0 Å². The van der Waals surface area contributed by atoms with E-state index in [0.29, 0.717) is 22.5 Å². The lowest BCUT2D eigenvalue weighted by molar-refractivity contribution is 0.405. The summed E-state index contributed by atoms with van der Waals surface area (Å²) in [4.78, 5) is 0.202. The van der Waals surface area contributed by atoms with E-state index in [4.69, 9.17) is 27.1 Å². The van der Waals surface area contributed by atoms with Crippen LogP contribution < -0.4 is 21.5 Å². The second kappa shape index (κ2) is 7.02. The van der Waals surface area contributed by atoms with Gasteiger partial charge in [0.05, 0.1) is 18.4 Å². The Morgan fingerprint density at radius 3 is 2.67 bits per heavy atom. The molecule has 1 heterocycles. The van der Waals surface area contributed by atoms with E-state index in [1.165, 1.54) is 0 Å². The minimum absolute atomic E-state index is 0.202. The van der Waals surface area contributed by atoms with E-state index in [1.807, 2.05) is 48.5 Å². The second-order valence-corrected chi connectivity index (χ2v) is 6.30. The van der Waals surface area contributed by atoms with Gasteiger partial charge < -0.3 is 14.9 Å². The molecule has 0 saturated carbocycles. The fraction of sp³-hybridized carbons (Fsp3) is 0.0588. The van der Waals surface area contributed by atoms with Crippen LogP contribution in [0.4, 0.5) is 5.69 Å². The maximum absolute atomic E-state index is 5.91. The number of fused-ring (bicyclic) bond motifs is 1. The summed E-state index contributed by atoms with van der Waals surface area (Å²) in [5.74, 6) is 0.588. The molecule has 5 nitrogen and oxygen atoms in total. The van der Waals surface area contributed by atoms with Gasteiger partial charge in [0.15, 0.2) is 11.3 Å². The first kappa shape index (κ1) is 16.5. The smallest absolute Gasteiger partial charge is 0.246 e. The van der Waals surface area contributed by atoms with Crippen molar-refractivity contribution in [3.05, 3.63) is 64.1 Å². The molecule has 0 unspecified atom stereocenters. The van der Waals surface area contributed by atoms with Crippen LogP contribution in [0.3, 0.4) is 0 Å². The predicted octanol–water partition coefficient (Wildman–Crippen LogP) is 3.77. The van der Waals surface area contributed by atoms with E-state index in [1.54, 1.807) is 7.11 Å². The van der Waals surface area contributed by atoms with E-state index in [0.717, 1.165) is 15.5 Å². The summed E-state index contributed by atoms with van der Waals surface area (Å²) in [5, 5.41) is 5.10. The van der Waals surface area contributed by atoms with Crippen molar-refractivity contribution in [2.45, 2.75) is 0 Å². The molecule has 3 rings (SSSR count). The van der Waals surface area contributed by atoms with Gasteiger partial charge in [-0.3, -0.25) is 5.43 Å². The molecule has 3 aromatic rings. The van der Waals surface area contributed by atoms with E-state index in [-0.39, 0.29) is 4.99 Å². The van der Waals surface area contributed by atoms with Crippen LogP contribution in [0.15, 0.2) is 62.5 Å². The molecule has 0 bridgehead atoms. The maximum atomic E-state index is 5.91. The van der Waals surface area contributed by atoms with Crippen LogP contribution in [-0.4, -0.2) is 12.1 Å². The number of halogens is 1. The molecule has 0 amide bonds. The Morgan fingerprint density at radius 1 is 1.25 bits per heavy atom. The Kier molecular flexibility index (Phi) is 4.82. The summed E-state index contributed by atoms with van der Waals surface area (Å²) in [6.45, 7) is 0. The average molecular weight is 404 g/mol. The third-order valence-corrected chi connectivity index (χ3v) is 4.00. The lowest BCUT2D eigenvalue weighted by Crippen LogP contribution is -2.22. The number of para-hydroxylation sites is 1. The fourth-order valence-corrected chi connectivity index (χ4v) is 2.81. The van der Waals surface area contributed by atoms with Gasteiger partial charge in [0, 0.05) is 9.86 Å². The summed E-state index contributed by atoms with van der Waals surface area (Å²) in [6, 6.07) is 15.1. The zero-order valence-corrected chi connectivity index (χ0v) is 15.1. The summed E-state index contributed by atoms with van der Waals surface area (Å²) in [5.41, 5.74) is 11.0. The first-order chi connectivity index (χ1) is 11.6. The molecule has 7 heteroatoms. The van der Waals surface area contributed by atoms with Crippen molar-refractivity contribution >= 4 is 49.8 Å². The van der Waals surface area contributed by atoms with Crippen molar-refractivity contribution in [3.63, 3.8) is 0 Å². The Balaban J connectivity index is 2.19. The number of hydrogen-bond donors (Lipinski definition) is 2. The van der Waals surface area contributed by atoms with E-state index >= 15 is 0 Å². The van der Waals surface area contributed by atoms with Gasteiger partial charge >= 0.3 is 0 Å². The summed E-state index contributed by atoms with van der Waals surface area (Å²) >= 11 is 8.57. The number of anilines is 1. The van der Waals surface area contributed by atoms with Crippen LogP contribution in [0.2, 0.25) is 0 Å². The molecule has 0 spiro atoms. The van der Waals surface area contributed by atoms with Gasteiger partial charge in [-0.15, -0.1) is 5.10 Å². The van der Waals surface area contributed by atoms with E-state index < -0.39 is 0 Å². The van der Waals surface area contributed by atoms with Gasteiger partial charge in [-0.2, -0.15) is 0 Å². The number of benzene rings is 2.